The summed E-state index contributed by atoms with van der Waals surface area (Å²) >= 11 is 6.06. The Morgan fingerprint density at radius 3 is 2.57 bits per heavy atom. The normalized spacial score (nSPS) is 20.6. The van der Waals surface area contributed by atoms with Crippen molar-refractivity contribution in [3.8, 4) is 0 Å². The summed E-state index contributed by atoms with van der Waals surface area (Å²) in [6.07, 6.45) is 7.32. The third-order valence-corrected chi connectivity index (χ3v) is 9.42. The van der Waals surface area contributed by atoms with E-state index in [1.165, 1.54) is 17.5 Å². The zero-order valence-electron chi connectivity index (χ0n) is 21.7. The van der Waals surface area contributed by atoms with Crippen molar-refractivity contribution in [2.45, 2.75) is 51.6 Å². The molecule has 10 heteroatoms. The molecule has 5 rings (SSSR count). The maximum Gasteiger partial charge on any atom is 0.211 e. The number of fused-ring (bicyclic) bond motifs is 1. The van der Waals surface area contributed by atoms with Gasteiger partial charge in [-0.25, -0.2) is 22.2 Å². The van der Waals surface area contributed by atoms with Crippen LogP contribution >= 0.6 is 11.6 Å². The minimum absolute atomic E-state index is 0.409. The lowest BCUT2D eigenvalue weighted by Gasteiger charge is -2.33. The fourth-order valence-corrected chi connectivity index (χ4v) is 6.77. The molecule has 1 aromatic carbocycles. The molecule has 200 valence electrons. The summed E-state index contributed by atoms with van der Waals surface area (Å²) in [5.74, 6) is 0.893. The third-order valence-electron chi connectivity index (χ3n) is 7.86. The Labute approximate surface area is 225 Å². The van der Waals surface area contributed by atoms with E-state index in [-0.39, 0.29) is 0 Å². The minimum Gasteiger partial charge on any atom is -0.312 e. The molecule has 2 aromatic heterocycles. The zero-order chi connectivity index (χ0) is 26.0. The topological polar surface area (TPSA) is 82.8 Å². The van der Waals surface area contributed by atoms with Crippen molar-refractivity contribution in [1.82, 2.24) is 29.1 Å². The first-order valence-corrected chi connectivity index (χ1v) is 15.5. The number of rotatable bonds is 8. The number of halogens is 1. The number of nitrogens with zero attached hydrogens (tertiary/aromatic N) is 5. The maximum atomic E-state index is 11.8. The Balaban J connectivity index is 1.23. The number of likely N-dealkylation sites (tertiary alicyclic amines) is 1. The molecule has 0 bridgehead atoms. The van der Waals surface area contributed by atoms with Crippen LogP contribution in [0, 0.1) is 12.8 Å². The van der Waals surface area contributed by atoms with Crippen LogP contribution in [0.25, 0.3) is 5.65 Å². The van der Waals surface area contributed by atoms with E-state index in [9.17, 15) is 8.42 Å². The molecular weight excluding hydrogens is 508 g/mol. The van der Waals surface area contributed by atoms with Gasteiger partial charge in [0.25, 0.3) is 0 Å². The van der Waals surface area contributed by atoms with Gasteiger partial charge >= 0.3 is 0 Å². The molecule has 1 atom stereocenters. The Bertz CT molecular complexity index is 1320. The van der Waals surface area contributed by atoms with Crippen molar-refractivity contribution < 1.29 is 8.42 Å². The molecule has 3 aromatic rings. The lowest BCUT2D eigenvalue weighted by atomic mass is 9.94. The molecule has 0 saturated carbocycles. The van der Waals surface area contributed by atoms with Gasteiger partial charge in [0.1, 0.15) is 0 Å². The van der Waals surface area contributed by atoms with Crippen LogP contribution in [0.5, 0.6) is 0 Å². The summed E-state index contributed by atoms with van der Waals surface area (Å²) in [5, 5.41) is 9.29. The average molecular weight is 545 g/mol. The predicted octanol–water partition coefficient (Wildman–Crippen LogP) is 3.83. The van der Waals surface area contributed by atoms with E-state index in [4.69, 9.17) is 21.7 Å². The molecule has 2 saturated heterocycles. The molecule has 1 unspecified atom stereocenters. The van der Waals surface area contributed by atoms with Crippen molar-refractivity contribution in [1.29, 1.82) is 0 Å². The first-order valence-electron chi connectivity index (χ1n) is 13.2. The van der Waals surface area contributed by atoms with Gasteiger partial charge in [-0.15, -0.1) is 0 Å². The van der Waals surface area contributed by atoms with Gasteiger partial charge in [0.2, 0.25) is 10.0 Å². The summed E-state index contributed by atoms with van der Waals surface area (Å²) < 4.78 is 27.2. The minimum atomic E-state index is -3.08. The molecular formula is C27H37ClN6O2S. The number of piperidine rings is 2. The summed E-state index contributed by atoms with van der Waals surface area (Å²) in [4.78, 5) is 7.24. The lowest BCUT2D eigenvalue weighted by Crippen LogP contribution is -2.40. The fraction of sp³-hybridized carbons (Fsp3) is 0.556. The molecule has 1 N–H and O–H groups in total. The van der Waals surface area contributed by atoms with Gasteiger partial charge < -0.3 is 5.32 Å². The first kappa shape index (κ1) is 26.6. The van der Waals surface area contributed by atoms with Crippen LogP contribution in [0.3, 0.4) is 0 Å². The number of benzene rings is 1. The fourth-order valence-electron chi connectivity index (χ4n) is 5.77. The summed E-state index contributed by atoms with van der Waals surface area (Å²) in [6, 6.07) is 10.3. The lowest BCUT2D eigenvalue weighted by molar-refractivity contribution is 0.197. The quantitative estimate of drug-likeness (QED) is 0.464. The number of nitrogens with one attached hydrogen (secondary N) is 1. The molecule has 2 aliphatic rings. The van der Waals surface area contributed by atoms with E-state index < -0.39 is 10.0 Å². The molecule has 37 heavy (non-hydrogen) atoms. The second-order valence-electron chi connectivity index (χ2n) is 10.6. The molecule has 8 nitrogen and oxygen atoms in total. The number of hydrogen-bond acceptors (Lipinski definition) is 6. The van der Waals surface area contributed by atoms with Gasteiger partial charge in [0.15, 0.2) is 5.65 Å². The van der Waals surface area contributed by atoms with Crippen LogP contribution in [0.2, 0.25) is 5.02 Å². The molecule has 2 aliphatic heterocycles. The van der Waals surface area contributed by atoms with Crippen LogP contribution in [-0.2, 0) is 23.1 Å². The summed E-state index contributed by atoms with van der Waals surface area (Å²) in [5.41, 5.74) is 5.60. The number of sulfonamides is 1. The Morgan fingerprint density at radius 2 is 1.84 bits per heavy atom. The first-order chi connectivity index (χ1) is 17.8. The van der Waals surface area contributed by atoms with Crippen molar-refractivity contribution in [3.63, 3.8) is 0 Å². The van der Waals surface area contributed by atoms with E-state index in [0.717, 1.165) is 73.8 Å². The highest BCUT2D eigenvalue weighted by Gasteiger charge is 2.26. The van der Waals surface area contributed by atoms with E-state index in [0.29, 0.717) is 31.5 Å². The van der Waals surface area contributed by atoms with Gasteiger partial charge in [-0.2, -0.15) is 5.10 Å². The molecule has 0 radical (unpaired) electrons. The van der Waals surface area contributed by atoms with E-state index in [1.54, 1.807) is 4.31 Å². The van der Waals surface area contributed by atoms with Gasteiger partial charge in [0, 0.05) is 55.4 Å². The summed E-state index contributed by atoms with van der Waals surface area (Å²) in [6.45, 7) is 7.91. The average Bonchev–Trinajstić information content (AvgIpc) is 3.20. The second kappa shape index (κ2) is 11.4. The largest absolute Gasteiger partial charge is 0.312 e. The van der Waals surface area contributed by atoms with Crippen molar-refractivity contribution in [2.24, 2.45) is 5.92 Å². The maximum absolute atomic E-state index is 11.8. The van der Waals surface area contributed by atoms with Gasteiger partial charge in [0.05, 0.1) is 17.6 Å². The van der Waals surface area contributed by atoms with E-state index >= 15 is 0 Å². The van der Waals surface area contributed by atoms with Gasteiger partial charge in [-0.3, -0.25) is 4.90 Å². The molecule has 0 amide bonds. The highest BCUT2D eigenvalue weighted by atomic mass is 35.5. The summed E-state index contributed by atoms with van der Waals surface area (Å²) in [7, 11) is -3.08. The van der Waals surface area contributed by atoms with Crippen molar-refractivity contribution in [3.05, 3.63) is 64.1 Å². The van der Waals surface area contributed by atoms with Gasteiger partial charge in [-0.05, 0) is 75.4 Å². The van der Waals surface area contributed by atoms with Gasteiger partial charge in [-0.1, -0.05) is 23.7 Å². The Morgan fingerprint density at radius 1 is 1.08 bits per heavy atom. The number of hydrogen-bond donors (Lipinski definition) is 1. The number of aromatic nitrogens is 3. The predicted molar refractivity (Wildman–Crippen MR) is 147 cm³/mol. The Hall–Kier alpha value is -2.04. The smallest absolute Gasteiger partial charge is 0.211 e. The van der Waals surface area contributed by atoms with Crippen LogP contribution in [0.4, 0.5) is 0 Å². The van der Waals surface area contributed by atoms with E-state index in [2.05, 4.69) is 39.9 Å². The highest BCUT2D eigenvalue weighted by Crippen LogP contribution is 2.29. The highest BCUT2D eigenvalue weighted by molar-refractivity contribution is 7.88. The molecule has 0 spiro atoms. The van der Waals surface area contributed by atoms with Crippen molar-refractivity contribution >= 4 is 27.3 Å². The standard InChI is InChI=1S/C27H37ClN6O2S/c1-20-25(17-29-16-21-10-14-33(15-11-21)37(2,35)36)27-30-12-9-26(34(27)31-20)23-4-3-13-32(19-23)18-22-5-7-24(28)8-6-22/h5-9,12,21,23,29H,3-4,10-11,13-19H2,1-2H3. The second-order valence-corrected chi connectivity index (χ2v) is 13.0. The van der Waals surface area contributed by atoms with Crippen LogP contribution in [-0.4, -0.2) is 71.2 Å². The van der Waals surface area contributed by atoms with E-state index in [1.807, 2.05) is 18.3 Å². The zero-order valence-corrected chi connectivity index (χ0v) is 23.3. The van der Waals surface area contributed by atoms with Crippen molar-refractivity contribution in [2.75, 3.05) is 39.0 Å². The molecule has 2 fully saturated rings. The van der Waals surface area contributed by atoms with Crippen LogP contribution < -0.4 is 5.32 Å². The van der Waals surface area contributed by atoms with Crippen LogP contribution in [0.1, 0.15) is 54.1 Å². The molecule has 0 aliphatic carbocycles. The molecule has 4 heterocycles. The monoisotopic (exact) mass is 544 g/mol. The number of aryl methyl sites for hydroxylation is 1. The van der Waals surface area contributed by atoms with Crippen LogP contribution in [0.15, 0.2) is 36.5 Å². The Kier molecular flexibility index (Phi) is 8.16. The SMILES string of the molecule is Cc1nn2c(C3CCCN(Cc4ccc(Cl)cc4)C3)ccnc2c1CNCC1CCN(S(C)(=O)=O)CC1. The third kappa shape index (κ3) is 6.34.